The summed E-state index contributed by atoms with van der Waals surface area (Å²) >= 11 is 0. The van der Waals surface area contributed by atoms with Crippen LogP contribution in [0.5, 0.6) is 0 Å². The molecule has 132 valence electrons. The van der Waals surface area contributed by atoms with Crippen LogP contribution in [0.2, 0.25) is 0 Å². The number of nitrogens with zero attached hydrogens (tertiary/aromatic N) is 2. The zero-order valence-electron chi connectivity index (χ0n) is 14.3. The van der Waals surface area contributed by atoms with Gasteiger partial charge in [0, 0.05) is 38.4 Å². The van der Waals surface area contributed by atoms with Gasteiger partial charge < -0.3 is 14.7 Å². The summed E-state index contributed by atoms with van der Waals surface area (Å²) in [5, 5.41) is 10.1. The highest BCUT2D eigenvalue weighted by Gasteiger charge is 2.20. The van der Waals surface area contributed by atoms with Crippen LogP contribution < -0.4 is 4.90 Å². The lowest BCUT2D eigenvalue weighted by molar-refractivity contribution is 0.0152. The molecule has 1 atom stereocenters. The van der Waals surface area contributed by atoms with Gasteiger partial charge in [0.1, 0.15) is 12.7 Å². The van der Waals surface area contributed by atoms with E-state index in [-0.39, 0.29) is 6.61 Å². The fourth-order valence-electron chi connectivity index (χ4n) is 3.01. The first-order chi connectivity index (χ1) is 12.2. The van der Waals surface area contributed by atoms with Crippen LogP contribution in [-0.4, -0.2) is 61.4 Å². The van der Waals surface area contributed by atoms with Crippen LogP contribution in [0.15, 0.2) is 60.7 Å². The molecular formula is C20H24N2O3. The maximum Gasteiger partial charge on any atom is 0.338 e. The number of β-amino-alcohol motifs (C(OH)–C–C–N with tert-alkyl or cyclic N) is 1. The van der Waals surface area contributed by atoms with Crippen LogP contribution >= 0.6 is 0 Å². The first-order valence-corrected chi connectivity index (χ1v) is 8.65. The number of benzene rings is 2. The van der Waals surface area contributed by atoms with Crippen LogP contribution in [0.25, 0.3) is 0 Å². The van der Waals surface area contributed by atoms with Crippen molar-refractivity contribution in [3.63, 3.8) is 0 Å². The lowest BCUT2D eigenvalue weighted by Gasteiger charge is -2.36. The molecule has 0 aliphatic carbocycles. The van der Waals surface area contributed by atoms with Crippen molar-refractivity contribution in [1.29, 1.82) is 0 Å². The van der Waals surface area contributed by atoms with Crippen molar-refractivity contribution in [2.24, 2.45) is 0 Å². The van der Waals surface area contributed by atoms with Gasteiger partial charge >= 0.3 is 5.97 Å². The van der Waals surface area contributed by atoms with Crippen molar-refractivity contribution in [3.05, 3.63) is 66.2 Å². The molecule has 0 radical (unpaired) electrons. The van der Waals surface area contributed by atoms with E-state index in [1.165, 1.54) is 5.69 Å². The molecule has 0 unspecified atom stereocenters. The number of carbonyl (C=O) groups excluding carboxylic acids is 1. The van der Waals surface area contributed by atoms with Crippen molar-refractivity contribution < 1.29 is 14.6 Å². The van der Waals surface area contributed by atoms with Crippen LogP contribution in [0.3, 0.4) is 0 Å². The zero-order valence-corrected chi connectivity index (χ0v) is 14.3. The van der Waals surface area contributed by atoms with Gasteiger partial charge in [0.25, 0.3) is 0 Å². The van der Waals surface area contributed by atoms with Crippen molar-refractivity contribution in [3.8, 4) is 0 Å². The number of carbonyl (C=O) groups is 1. The molecule has 2 aromatic carbocycles. The van der Waals surface area contributed by atoms with Gasteiger partial charge in [-0.2, -0.15) is 0 Å². The van der Waals surface area contributed by atoms with Gasteiger partial charge in [-0.15, -0.1) is 0 Å². The average Bonchev–Trinajstić information content (AvgIpc) is 2.68. The van der Waals surface area contributed by atoms with Gasteiger partial charge in [0.2, 0.25) is 0 Å². The molecule has 0 aromatic heterocycles. The van der Waals surface area contributed by atoms with E-state index in [9.17, 15) is 9.90 Å². The summed E-state index contributed by atoms with van der Waals surface area (Å²) in [5.74, 6) is -0.395. The second-order valence-electron chi connectivity index (χ2n) is 6.24. The Labute approximate surface area is 148 Å². The molecule has 1 aliphatic heterocycles. The van der Waals surface area contributed by atoms with Crippen LogP contribution in [0.1, 0.15) is 10.4 Å². The molecule has 1 heterocycles. The van der Waals surface area contributed by atoms with E-state index in [4.69, 9.17) is 4.74 Å². The second kappa shape index (κ2) is 8.65. The Hall–Kier alpha value is -2.37. The number of ether oxygens (including phenoxy) is 1. The van der Waals surface area contributed by atoms with Crippen LogP contribution in [0, 0.1) is 0 Å². The quantitative estimate of drug-likeness (QED) is 0.816. The van der Waals surface area contributed by atoms with E-state index >= 15 is 0 Å². The smallest absolute Gasteiger partial charge is 0.338 e. The van der Waals surface area contributed by atoms with E-state index in [1.807, 2.05) is 24.3 Å². The summed E-state index contributed by atoms with van der Waals surface area (Å²) in [6, 6.07) is 19.2. The van der Waals surface area contributed by atoms with Crippen molar-refractivity contribution in [2.45, 2.75) is 6.10 Å². The fraction of sp³-hybridized carbons (Fsp3) is 0.350. The third-order valence-corrected chi connectivity index (χ3v) is 4.38. The largest absolute Gasteiger partial charge is 0.459 e. The predicted molar refractivity (Wildman–Crippen MR) is 97.8 cm³/mol. The fourth-order valence-corrected chi connectivity index (χ4v) is 3.01. The molecule has 1 fully saturated rings. The van der Waals surface area contributed by atoms with E-state index in [1.54, 1.807) is 24.3 Å². The zero-order chi connectivity index (χ0) is 17.5. The third kappa shape index (κ3) is 5.05. The highest BCUT2D eigenvalue weighted by Crippen LogP contribution is 2.15. The van der Waals surface area contributed by atoms with Crippen LogP contribution in [-0.2, 0) is 4.74 Å². The first-order valence-electron chi connectivity index (χ1n) is 8.65. The average molecular weight is 340 g/mol. The summed E-state index contributed by atoms with van der Waals surface area (Å²) in [4.78, 5) is 16.4. The summed E-state index contributed by atoms with van der Waals surface area (Å²) in [5.41, 5.74) is 1.74. The van der Waals surface area contributed by atoms with Crippen molar-refractivity contribution >= 4 is 11.7 Å². The second-order valence-corrected chi connectivity index (χ2v) is 6.24. The maximum absolute atomic E-state index is 11.9. The number of piperazine rings is 1. The minimum Gasteiger partial charge on any atom is -0.459 e. The SMILES string of the molecule is O=C(OC[C@H](O)CN1CCN(c2ccccc2)CC1)c1ccccc1. The molecule has 1 saturated heterocycles. The molecule has 25 heavy (non-hydrogen) atoms. The summed E-state index contributed by atoms with van der Waals surface area (Å²) < 4.78 is 5.20. The Balaban J connectivity index is 1.39. The van der Waals surface area contributed by atoms with Gasteiger partial charge in [0.15, 0.2) is 0 Å². The maximum atomic E-state index is 11.9. The molecular weight excluding hydrogens is 316 g/mol. The predicted octanol–water partition coefficient (Wildman–Crippen LogP) is 2.03. The molecule has 5 nitrogen and oxygen atoms in total. The van der Waals surface area contributed by atoms with E-state index in [2.05, 4.69) is 21.9 Å². The lowest BCUT2D eigenvalue weighted by atomic mass is 10.2. The third-order valence-electron chi connectivity index (χ3n) is 4.38. The number of hydrogen-bond acceptors (Lipinski definition) is 5. The molecule has 0 bridgehead atoms. The normalized spacial score (nSPS) is 16.4. The number of para-hydroxylation sites is 1. The Bertz CT molecular complexity index is 655. The number of aliphatic hydroxyl groups excluding tert-OH is 1. The molecule has 5 heteroatoms. The monoisotopic (exact) mass is 340 g/mol. The Morgan fingerprint density at radius 3 is 2.20 bits per heavy atom. The Kier molecular flexibility index (Phi) is 6.04. The number of aliphatic hydroxyl groups is 1. The Morgan fingerprint density at radius 1 is 0.960 bits per heavy atom. The van der Waals surface area contributed by atoms with Crippen LogP contribution in [0.4, 0.5) is 5.69 Å². The van der Waals surface area contributed by atoms with Gasteiger partial charge in [-0.1, -0.05) is 36.4 Å². The van der Waals surface area contributed by atoms with E-state index < -0.39 is 12.1 Å². The minimum absolute atomic E-state index is 0.0205. The molecule has 1 N–H and O–H groups in total. The molecule has 1 aliphatic rings. The first kappa shape index (κ1) is 17.5. The summed E-state index contributed by atoms with van der Waals surface area (Å²) in [7, 11) is 0. The topological polar surface area (TPSA) is 53.0 Å². The molecule has 0 amide bonds. The molecule has 0 spiro atoms. The van der Waals surface area contributed by atoms with Crippen molar-refractivity contribution in [2.75, 3.05) is 44.2 Å². The highest BCUT2D eigenvalue weighted by molar-refractivity contribution is 5.89. The number of anilines is 1. The van der Waals surface area contributed by atoms with Gasteiger partial charge in [-0.05, 0) is 24.3 Å². The Morgan fingerprint density at radius 2 is 1.56 bits per heavy atom. The van der Waals surface area contributed by atoms with Crippen molar-refractivity contribution in [1.82, 2.24) is 4.90 Å². The van der Waals surface area contributed by atoms with Gasteiger partial charge in [-0.25, -0.2) is 4.79 Å². The minimum atomic E-state index is -0.670. The lowest BCUT2D eigenvalue weighted by Crippen LogP contribution is -2.49. The number of hydrogen-bond donors (Lipinski definition) is 1. The molecule has 2 aromatic rings. The molecule has 0 saturated carbocycles. The number of esters is 1. The van der Waals surface area contributed by atoms with E-state index in [0.717, 1.165) is 26.2 Å². The molecule has 3 rings (SSSR count). The summed E-state index contributed by atoms with van der Waals surface area (Å²) in [6.07, 6.45) is -0.670. The highest BCUT2D eigenvalue weighted by atomic mass is 16.5. The van der Waals surface area contributed by atoms with E-state index in [0.29, 0.717) is 12.1 Å². The summed E-state index contributed by atoms with van der Waals surface area (Å²) in [6.45, 7) is 4.18. The number of rotatable bonds is 6. The standard InChI is InChI=1S/C20H24N2O3/c23-19(16-25-20(24)17-7-3-1-4-8-17)15-21-11-13-22(14-12-21)18-9-5-2-6-10-18/h1-10,19,23H,11-16H2/t19-/m1/s1. The van der Waals surface area contributed by atoms with Gasteiger partial charge in [0.05, 0.1) is 5.56 Å². The van der Waals surface area contributed by atoms with Gasteiger partial charge in [-0.3, -0.25) is 4.90 Å².